The number of rotatable bonds is 14. The number of benzene rings is 2. The molecule has 0 aliphatic carbocycles. The van der Waals surface area contributed by atoms with Crippen molar-refractivity contribution >= 4 is 45.3 Å². The average Bonchev–Trinajstić information content (AvgIpc) is 3.31. The van der Waals surface area contributed by atoms with Crippen molar-refractivity contribution in [2.45, 2.75) is 32.0 Å². The molecule has 0 fully saturated rings. The molecule has 0 bridgehead atoms. The minimum Gasteiger partial charge on any atom is -0.484 e. The Morgan fingerprint density at radius 3 is 2.78 bits per heavy atom. The van der Waals surface area contributed by atoms with Gasteiger partial charge in [-0.3, -0.25) is 4.79 Å². The summed E-state index contributed by atoms with van der Waals surface area (Å²) in [7, 11) is 0. The zero-order valence-electron chi connectivity index (χ0n) is 20.7. The quantitative estimate of drug-likeness (QED) is 0.149. The van der Waals surface area contributed by atoms with Gasteiger partial charge in [-0.15, -0.1) is 0 Å². The molecule has 0 spiro atoms. The molecular formula is C26H32N6O3S. The van der Waals surface area contributed by atoms with Crippen LogP contribution in [0, 0.1) is 0 Å². The van der Waals surface area contributed by atoms with E-state index in [0.717, 1.165) is 39.8 Å². The first-order chi connectivity index (χ1) is 17.7. The smallest absolute Gasteiger partial charge is 0.258 e. The maximum absolute atomic E-state index is 12.4. The van der Waals surface area contributed by atoms with Crippen molar-refractivity contribution in [3.05, 3.63) is 48.7 Å². The van der Waals surface area contributed by atoms with Crippen LogP contribution in [0.5, 0.6) is 5.75 Å². The van der Waals surface area contributed by atoms with Crippen LogP contribution in [0.4, 0.5) is 5.82 Å². The Hall–Kier alpha value is -3.37. The molecule has 0 radical (unpaired) electrons. The summed E-state index contributed by atoms with van der Waals surface area (Å²) >= 11 is 1.62. The zero-order chi connectivity index (χ0) is 25.2. The van der Waals surface area contributed by atoms with Gasteiger partial charge in [0.25, 0.3) is 5.91 Å². The number of fused-ring (bicyclic) bond motifs is 2. The first-order valence-corrected chi connectivity index (χ1v) is 13.2. The lowest BCUT2D eigenvalue weighted by Crippen LogP contribution is -2.31. The molecule has 1 amide bonds. The Morgan fingerprint density at radius 2 is 1.94 bits per heavy atom. The van der Waals surface area contributed by atoms with E-state index in [9.17, 15) is 4.79 Å². The van der Waals surface area contributed by atoms with Gasteiger partial charge in [0.05, 0.1) is 24.7 Å². The van der Waals surface area contributed by atoms with Gasteiger partial charge in [-0.05, 0) is 36.2 Å². The van der Waals surface area contributed by atoms with Crippen LogP contribution in [0.15, 0.2) is 53.8 Å². The summed E-state index contributed by atoms with van der Waals surface area (Å²) in [6, 6.07) is 13.8. The molecule has 2 N–H and O–H groups in total. The van der Waals surface area contributed by atoms with E-state index in [4.69, 9.17) is 14.5 Å². The third-order valence-electron chi connectivity index (χ3n) is 5.39. The van der Waals surface area contributed by atoms with Crippen LogP contribution < -0.4 is 15.4 Å². The van der Waals surface area contributed by atoms with Crippen molar-refractivity contribution in [3.63, 3.8) is 0 Å². The van der Waals surface area contributed by atoms with Crippen LogP contribution in [0.2, 0.25) is 0 Å². The van der Waals surface area contributed by atoms with Gasteiger partial charge in [-0.25, -0.2) is 14.6 Å². The van der Waals surface area contributed by atoms with Crippen LogP contribution >= 0.6 is 11.8 Å². The highest BCUT2D eigenvalue weighted by Gasteiger charge is 2.14. The topological polar surface area (TPSA) is 103 Å². The molecule has 0 saturated heterocycles. The summed E-state index contributed by atoms with van der Waals surface area (Å²) in [6.45, 7) is 6.87. The van der Waals surface area contributed by atoms with E-state index in [-0.39, 0.29) is 12.5 Å². The van der Waals surface area contributed by atoms with Crippen LogP contribution in [0.25, 0.3) is 21.8 Å². The van der Waals surface area contributed by atoms with E-state index < -0.39 is 0 Å². The second-order valence-electron chi connectivity index (χ2n) is 8.08. The highest BCUT2D eigenvalue weighted by molar-refractivity contribution is 7.99. The Kier molecular flexibility index (Phi) is 9.34. The van der Waals surface area contributed by atoms with Crippen molar-refractivity contribution in [3.8, 4) is 5.75 Å². The maximum Gasteiger partial charge on any atom is 0.258 e. The normalized spacial score (nSPS) is 11.2. The molecule has 36 heavy (non-hydrogen) atoms. The third kappa shape index (κ3) is 6.86. The Balaban J connectivity index is 1.34. The van der Waals surface area contributed by atoms with Gasteiger partial charge < -0.3 is 20.1 Å². The zero-order valence-corrected chi connectivity index (χ0v) is 21.5. The van der Waals surface area contributed by atoms with Crippen molar-refractivity contribution in [1.82, 2.24) is 25.1 Å². The SMILES string of the molecule is CCCSc1nc(NCCOCC)c2cnn(CCNC(=O)COc3ccc4ccccc4c3)c2n1. The van der Waals surface area contributed by atoms with Crippen molar-refractivity contribution in [2.24, 2.45) is 0 Å². The number of anilines is 1. The average molecular weight is 509 g/mol. The fourth-order valence-electron chi connectivity index (χ4n) is 3.64. The van der Waals surface area contributed by atoms with Gasteiger partial charge in [0.1, 0.15) is 11.6 Å². The number of hydrogen-bond acceptors (Lipinski definition) is 8. The summed E-state index contributed by atoms with van der Waals surface area (Å²) in [5, 5.41) is 14.5. The third-order valence-corrected chi connectivity index (χ3v) is 6.44. The van der Waals surface area contributed by atoms with E-state index in [0.29, 0.717) is 43.8 Å². The molecule has 4 aromatic rings. The predicted octanol–water partition coefficient (Wildman–Crippen LogP) is 4.13. The van der Waals surface area contributed by atoms with Gasteiger partial charge in [-0.2, -0.15) is 5.10 Å². The van der Waals surface area contributed by atoms with Gasteiger partial charge in [0.2, 0.25) is 0 Å². The minimum atomic E-state index is -0.188. The van der Waals surface area contributed by atoms with E-state index in [1.54, 1.807) is 22.6 Å². The van der Waals surface area contributed by atoms with Crippen LogP contribution in [0.1, 0.15) is 20.3 Å². The molecule has 2 aromatic heterocycles. The molecule has 0 unspecified atom stereocenters. The Bertz CT molecular complexity index is 1300. The number of thioether (sulfide) groups is 1. The number of ether oxygens (including phenoxy) is 2. The number of carbonyl (C=O) groups excluding carboxylic acids is 1. The van der Waals surface area contributed by atoms with Gasteiger partial charge in [-0.1, -0.05) is 49.0 Å². The summed E-state index contributed by atoms with van der Waals surface area (Å²) in [5.41, 5.74) is 0.740. The lowest BCUT2D eigenvalue weighted by Gasteiger charge is -2.10. The highest BCUT2D eigenvalue weighted by Crippen LogP contribution is 2.25. The molecule has 4 rings (SSSR count). The summed E-state index contributed by atoms with van der Waals surface area (Å²) < 4.78 is 12.9. The monoisotopic (exact) mass is 508 g/mol. The maximum atomic E-state index is 12.4. The van der Waals surface area contributed by atoms with Gasteiger partial charge in [0, 0.05) is 25.4 Å². The molecule has 2 aromatic carbocycles. The van der Waals surface area contributed by atoms with Crippen molar-refractivity contribution in [2.75, 3.05) is 44.0 Å². The molecule has 10 heteroatoms. The molecule has 0 aliphatic heterocycles. The Labute approximate surface area is 215 Å². The van der Waals surface area contributed by atoms with Gasteiger partial charge >= 0.3 is 0 Å². The summed E-state index contributed by atoms with van der Waals surface area (Å²) in [6.07, 6.45) is 2.79. The minimum absolute atomic E-state index is 0.0495. The van der Waals surface area contributed by atoms with Crippen LogP contribution in [0.3, 0.4) is 0 Å². The number of nitrogens with zero attached hydrogens (tertiary/aromatic N) is 4. The fraction of sp³-hybridized carbons (Fsp3) is 0.385. The lowest BCUT2D eigenvalue weighted by atomic mass is 10.1. The largest absolute Gasteiger partial charge is 0.484 e. The molecular weight excluding hydrogens is 476 g/mol. The molecule has 9 nitrogen and oxygen atoms in total. The van der Waals surface area contributed by atoms with E-state index in [1.807, 2.05) is 49.4 Å². The van der Waals surface area contributed by atoms with Gasteiger partial charge in [0.15, 0.2) is 17.4 Å². The van der Waals surface area contributed by atoms with Crippen LogP contribution in [-0.2, 0) is 16.1 Å². The van der Waals surface area contributed by atoms with E-state index in [1.165, 1.54) is 0 Å². The number of carbonyl (C=O) groups is 1. The van der Waals surface area contributed by atoms with E-state index in [2.05, 4.69) is 27.6 Å². The molecule has 0 saturated carbocycles. The second kappa shape index (κ2) is 13.1. The lowest BCUT2D eigenvalue weighted by molar-refractivity contribution is -0.123. The predicted molar refractivity (Wildman–Crippen MR) is 144 cm³/mol. The van der Waals surface area contributed by atoms with Crippen LogP contribution in [-0.4, -0.2) is 64.3 Å². The summed E-state index contributed by atoms with van der Waals surface area (Å²) in [5.74, 6) is 2.16. The molecule has 2 heterocycles. The Morgan fingerprint density at radius 1 is 1.08 bits per heavy atom. The number of amides is 1. The molecule has 0 aliphatic rings. The summed E-state index contributed by atoms with van der Waals surface area (Å²) in [4.78, 5) is 21.7. The second-order valence-corrected chi connectivity index (χ2v) is 9.14. The number of aromatic nitrogens is 4. The van der Waals surface area contributed by atoms with Crippen molar-refractivity contribution in [1.29, 1.82) is 0 Å². The number of nitrogens with one attached hydrogen (secondary N) is 2. The highest BCUT2D eigenvalue weighted by atomic mass is 32.2. The number of hydrogen-bond donors (Lipinski definition) is 2. The standard InChI is InChI=1S/C26H32N6O3S/c1-3-15-36-26-30-24(28-12-14-34-4-2)22-17-29-32(25(22)31-26)13-11-27-23(33)18-35-21-10-9-19-7-5-6-8-20(19)16-21/h5-10,16-17H,3-4,11-15,18H2,1-2H3,(H,27,33)(H,28,30,31). The fourth-order valence-corrected chi connectivity index (χ4v) is 4.33. The molecule has 0 atom stereocenters. The first kappa shape index (κ1) is 25.7. The molecule has 190 valence electrons. The van der Waals surface area contributed by atoms with Crippen molar-refractivity contribution < 1.29 is 14.3 Å². The van der Waals surface area contributed by atoms with E-state index >= 15 is 0 Å². The first-order valence-electron chi connectivity index (χ1n) is 12.2.